The lowest BCUT2D eigenvalue weighted by atomic mass is 9.94. The topological polar surface area (TPSA) is 80.6 Å². The zero-order valence-electron chi connectivity index (χ0n) is 14.6. The number of benzene rings is 2. The summed E-state index contributed by atoms with van der Waals surface area (Å²) in [6.07, 6.45) is 0. The Morgan fingerprint density at radius 2 is 1.85 bits per heavy atom. The fraction of sp³-hybridized carbons (Fsp3) is 0.200. The van der Waals surface area contributed by atoms with Gasteiger partial charge in [0.1, 0.15) is 0 Å². The lowest BCUT2D eigenvalue weighted by Gasteiger charge is -2.11. The molecule has 7 heteroatoms. The largest absolute Gasteiger partial charge is 0.394 e. The third-order valence-corrected chi connectivity index (χ3v) is 5.11. The van der Waals surface area contributed by atoms with Crippen LogP contribution in [-0.4, -0.2) is 34.7 Å². The predicted octanol–water partition coefficient (Wildman–Crippen LogP) is 2.89. The van der Waals surface area contributed by atoms with Crippen molar-refractivity contribution < 1.29 is 19.4 Å². The zero-order valence-corrected chi connectivity index (χ0v) is 15.3. The van der Waals surface area contributed by atoms with Crippen LogP contribution in [0.25, 0.3) is 22.0 Å². The summed E-state index contributed by atoms with van der Waals surface area (Å²) in [6, 6.07) is 11.0. The zero-order chi connectivity index (χ0) is 19.1. The van der Waals surface area contributed by atoms with Crippen LogP contribution in [0.4, 0.5) is 0 Å². The Hall–Kier alpha value is -2.67. The van der Waals surface area contributed by atoms with Gasteiger partial charge in [-0.3, -0.25) is 14.9 Å². The minimum Gasteiger partial charge on any atom is -0.394 e. The molecule has 1 aromatic heterocycles. The van der Waals surface area contributed by atoms with Crippen LogP contribution < -0.4 is 5.32 Å². The number of nitrogens with zero attached hydrogens (tertiary/aromatic N) is 1. The number of aryl methyl sites for hydroxylation is 1. The third-order valence-electron chi connectivity index (χ3n) is 4.78. The van der Waals surface area contributed by atoms with E-state index in [1.165, 1.54) is 0 Å². The van der Waals surface area contributed by atoms with Crippen LogP contribution in [0.1, 0.15) is 26.4 Å². The van der Waals surface area contributed by atoms with Crippen LogP contribution >= 0.6 is 11.6 Å². The second-order valence-electron chi connectivity index (χ2n) is 6.34. The number of nitrogens with one attached hydrogen (secondary N) is 1. The van der Waals surface area contributed by atoms with Gasteiger partial charge in [-0.1, -0.05) is 29.8 Å². The number of aromatic nitrogens is 1. The molecule has 0 unspecified atom stereocenters. The van der Waals surface area contributed by atoms with Crippen LogP contribution in [0.3, 0.4) is 0 Å². The van der Waals surface area contributed by atoms with Gasteiger partial charge in [-0.2, -0.15) is 0 Å². The van der Waals surface area contributed by atoms with E-state index in [4.69, 9.17) is 21.4 Å². The van der Waals surface area contributed by atoms with Crippen molar-refractivity contribution in [3.63, 3.8) is 0 Å². The van der Waals surface area contributed by atoms with E-state index in [-0.39, 0.29) is 19.8 Å². The molecule has 2 amide bonds. The van der Waals surface area contributed by atoms with Gasteiger partial charge in [0.05, 0.1) is 30.9 Å². The molecule has 0 radical (unpaired) electrons. The molecule has 138 valence electrons. The minimum atomic E-state index is -0.422. The number of halogens is 1. The normalized spacial score (nSPS) is 13.3. The standard InChI is InChI=1S/C20H17ClN2O4/c1-23-11(10-27-7-6-24)8-14-16(23)9-13(12-4-2-3-5-15(12)21)17-18(14)20(26)22-19(17)25/h2-5,8-9,24H,6-7,10H2,1H3,(H,22,25,26). The van der Waals surface area contributed by atoms with Crippen molar-refractivity contribution in [2.24, 2.45) is 7.05 Å². The van der Waals surface area contributed by atoms with Gasteiger partial charge in [0.2, 0.25) is 0 Å². The number of hydrogen-bond acceptors (Lipinski definition) is 4. The van der Waals surface area contributed by atoms with Crippen molar-refractivity contribution in [1.29, 1.82) is 0 Å². The Bertz CT molecular complexity index is 1090. The van der Waals surface area contributed by atoms with E-state index in [1.54, 1.807) is 6.07 Å². The fourth-order valence-corrected chi connectivity index (χ4v) is 3.73. The van der Waals surface area contributed by atoms with Crippen LogP contribution in [-0.2, 0) is 18.4 Å². The highest BCUT2D eigenvalue weighted by atomic mass is 35.5. The molecule has 3 aromatic rings. The van der Waals surface area contributed by atoms with Gasteiger partial charge < -0.3 is 14.4 Å². The smallest absolute Gasteiger partial charge is 0.259 e. The first-order valence-corrected chi connectivity index (χ1v) is 8.85. The maximum atomic E-state index is 12.5. The molecule has 0 bridgehead atoms. The number of ether oxygens (including phenoxy) is 1. The minimum absolute atomic E-state index is 0.0626. The van der Waals surface area contributed by atoms with Gasteiger partial charge in [0.15, 0.2) is 0 Å². The number of imide groups is 1. The van der Waals surface area contributed by atoms with E-state index in [9.17, 15) is 9.59 Å². The molecular formula is C20H17ClN2O4. The van der Waals surface area contributed by atoms with E-state index in [0.29, 0.717) is 32.7 Å². The summed E-state index contributed by atoms with van der Waals surface area (Å²) in [5, 5.41) is 12.5. The van der Waals surface area contributed by atoms with Crippen LogP contribution in [0.2, 0.25) is 5.02 Å². The third kappa shape index (κ3) is 2.82. The van der Waals surface area contributed by atoms with Gasteiger partial charge in [-0.15, -0.1) is 0 Å². The van der Waals surface area contributed by atoms with E-state index in [2.05, 4.69) is 5.32 Å². The molecule has 0 saturated carbocycles. The Kier molecular flexibility index (Phi) is 4.47. The SMILES string of the molecule is Cn1c(COCCO)cc2c3c(c(-c4ccccc4Cl)cc21)C(=O)NC3=O. The summed E-state index contributed by atoms with van der Waals surface area (Å²) >= 11 is 6.36. The van der Waals surface area contributed by atoms with Gasteiger partial charge in [0.25, 0.3) is 11.8 Å². The number of carbonyl (C=O) groups is 2. The van der Waals surface area contributed by atoms with Crippen LogP contribution in [0.5, 0.6) is 0 Å². The van der Waals surface area contributed by atoms with E-state index in [1.807, 2.05) is 41.9 Å². The highest BCUT2D eigenvalue weighted by Crippen LogP contribution is 2.39. The van der Waals surface area contributed by atoms with Crippen molar-refractivity contribution in [1.82, 2.24) is 9.88 Å². The molecule has 27 heavy (non-hydrogen) atoms. The van der Waals surface area contributed by atoms with Gasteiger partial charge >= 0.3 is 0 Å². The number of fused-ring (bicyclic) bond motifs is 3. The van der Waals surface area contributed by atoms with Crippen molar-refractivity contribution in [2.45, 2.75) is 6.61 Å². The van der Waals surface area contributed by atoms with Crippen molar-refractivity contribution in [3.05, 3.63) is 58.2 Å². The number of hydrogen-bond donors (Lipinski definition) is 2. The number of amides is 2. The Morgan fingerprint density at radius 1 is 1.11 bits per heavy atom. The molecular weight excluding hydrogens is 368 g/mol. The van der Waals surface area contributed by atoms with Gasteiger partial charge in [-0.05, 0) is 23.8 Å². The molecule has 6 nitrogen and oxygen atoms in total. The Morgan fingerprint density at radius 3 is 2.59 bits per heavy atom. The molecule has 2 aromatic carbocycles. The van der Waals surface area contributed by atoms with E-state index < -0.39 is 11.8 Å². The predicted molar refractivity (Wildman–Crippen MR) is 102 cm³/mol. The van der Waals surface area contributed by atoms with Crippen molar-refractivity contribution in [3.8, 4) is 11.1 Å². The molecule has 0 atom stereocenters. The highest BCUT2D eigenvalue weighted by molar-refractivity contribution is 6.35. The summed E-state index contributed by atoms with van der Waals surface area (Å²) in [7, 11) is 1.87. The Balaban J connectivity index is 1.99. The average Bonchev–Trinajstić information content (AvgIpc) is 3.12. The summed E-state index contributed by atoms with van der Waals surface area (Å²) in [5.74, 6) is -0.837. The molecule has 0 fully saturated rings. The summed E-state index contributed by atoms with van der Waals surface area (Å²) in [6.45, 7) is 0.452. The number of aliphatic hydroxyl groups excluding tert-OH is 1. The maximum absolute atomic E-state index is 12.5. The first kappa shape index (κ1) is 17.7. The fourth-order valence-electron chi connectivity index (χ4n) is 3.50. The summed E-state index contributed by atoms with van der Waals surface area (Å²) < 4.78 is 7.34. The first-order valence-electron chi connectivity index (χ1n) is 8.47. The molecule has 1 aliphatic rings. The maximum Gasteiger partial charge on any atom is 0.259 e. The lowest BCUT2D eigenvalue weighted by Crippen LogP contribution is -2.20. The highest BCUT2D eigenvalue weighted by Gasteiger charge is 2.33. The van der Waals surface area contributed by atoms with Gasteiger partial charge in [-0.25, -0.2) is 0 Å². The van der Waals surface area contributed by atoms with Crippen molar-refractivity contribution >= 4 is 34.3 Å². The van der Waals surface area contributed by atoms with E-state index >= 15 is 0 Å². The molecule has 4 rings (SSSR count). The second kappa shape index (κ2) is 6.81. The molecule has 0 saturated heterocycles. The molecule has 2 N–H and O–H groups in total. The van der Waals surface area contributed by atoms with Crippen molar-refractivity contribution in [2.75, 3.05) is 13.2 Å². The summed E-state index contributed by atoms with van der Waals surface area (Å²) in [4.78, 5) is 25.0. The number of carbonyl (C=O) groups excluding carboxylic acids is 2. The van der Waals surface area contributed by atoms with E-state index in [0.717, 1.165) is 11.2 Å². The molecule has 0 spiro atoms. The van der Waals surface area contributed by atoms with Gasteiger partial charge in [0, 0.05) is 34.2 Å². The van der Waals surface area contributed by atoms with Crippen LogP contribution in [0, 0.1) is 0 Å². The Labute approximate surface area is 160 Å². The monoisotopic (exact) mass is 384 g/mol. The second-order valence-corrected chi connectivity index (χ2v) is 6.75. The first-order chi connectivity index (χ1) is 13.0. The molecule has 0 aliphatic carbocycles. The van der Waals surface area contributed by atoms with Crippen LogP contribution in [0.15, 0.2) is 36.4 Å². The number of rotatable bonds is 5. The molecule has 2 heterocycles. The quantitative estimate of drug-likeness (QED) is 0.523. The number of aliphatic hydroxyl groups is 1. The summed E-state index contributed by atoms with van der Waals surface area (Å²) in [5.41, 5.74) is 3.66. The lowest BCUT2D eigenvalue weighted by molar-refractivity contribution is 0.0786. The molecule has 1 aliphatic heterocycles. The average molecular weight is 385 g/mol.